The van der Waals surface area contributed by atoms with Gasteiger partial charge in [-0.1, -0.05) is 43.6 Å². The summed E-state index contributed by atoms with van der Waals surface area (Å²) in [5, 5.41) is 3.34. The predicted molar refractivity (Wildman–Crippen MR) is 139 cm³/mol. The molecule has 37 heavy (non-hydrogen) atoms. The van der Waals surface area contributed by atoms with E-state index in [2.05, 4.69) is 15.3 Å². The Bertz CT molecular complexity index is 1380. The number of hydrogen-bond acceptors (Lipinski definition) is 8. The number of furan rings is 1. The number of halogens is 1. The molecular formula is C27H26ClN3O6. The van der Waals surface area contributed by atoms with Crippen molar-refractivity contribution in [3.05, 3.63) is 76.5 Å². The smallest absolute Gasteiger partial charge is 0.328 e. The van der Waals surface area contributed by atoms with Gasteiger partial charge in [0, 0.05) is 11.1 Å². The summed E-state index contributed by atoms with van der Waals surface area (Å²) in [5.74, 6) is 0.987. The van der Waals surface area contributed by atoms with Gasteiger partial charge in [-0.25, -0.2) is 0 Å². The van der Waals surface area contributed by atoms with Crippen molar-refractivity contribution in [2.24, 2.45) is 0 Å². The van der Waals surface area contributed by atoms with E-state index in [1.165, 1.54) is 20.3 Å². The first kappa shape index (κ1) is 25.8. The number of amides is 1. The third kappa shape index (κ3) is 5.95. The highest BCUT2D eigenvalue weighted by Gasteiger charge is 2.22. The molecule has 9 nitrogen and oxygen atoms in total. The number of benzene rings is 2. The van der Waals surface area contributed by atoms with Gasteiger partial charge in [0.1, 0.15) is 11.5 Å². The molecule has 0 radical (unpaired) electrons. The van der Waals surface area contributed by atoms with Crippen molar-refractivity contribution in [2.45, 2.75) is 26.7 Å². The lowest BCUT2D eigenvalue weighted by molar-refractivity contribution is 0.0990. The van der Waals surface area contributed by atoms with Crippen molar-refractivity contribution in [3.8, 4) is 35.2 Å². The molecule has 10 heteroatoms. The van der Waals surface area contributed by atoms with Crippen LogP contribution < -0.4 is 24.3 Å². The zero-order chi connectivity index (χ0) is 26.5. The molecule has 0 fully saturated rings. The largest absolute Gasteiger partial charge is 0.479 e. The van der Waals surface area contributed by atoms with Gasteiger partial charge in [0.05, 0.1) is 14.2 Å². The van der Waals surface area contributed by atoms with E-state index in [0.29, 0.717) is 16.5 Å². The van der Waals surface area contributed by atoms with Gasteiger partial charge in [-0.15, -0.1) is 0 Å². The molecule has 1 N–H and O–H groups in total. The normalized spacial score (nSPS) is 10.8. The average Bonchev–Trinajstić information content (AvgIpc) is 3.35. The van der Waals surface area contributed by atoms with Crippen LogP contribution in [0.3, 0.4) is 0 Å². The molecule has 4 rings (SSSR count). The van der Waals surface area contributed by atoms with E-state index in [0.717, 1.165) is 11.1 Å². The summed E-state index contributed by atoms with van der Waals surface area (Å²) in [7, 11) is 2.81. The highest BCUT2D eigenvalue weighted by atomic mass is 35.5. The quantitative estimate of drug-likeness (QED) is 0.250. The molecule has 0 saturated heterocycles. The lowest BCUT2D eigenvalue weighted by Gasteiger charge is -2.14. The number of para-hydroxylation sites is 1. The molecule has 0 aliphatic carbocycles. The molecule has 0 aliphatic rings. The minimum atomic E-state index is -0.581. The van der Waals surface area contributed by atoms with Gasteiger partial charge in [0.15, 0.2) is 11.4 Å². The van der Waals surface area contributed by atoms with Crippen LogP contribution in [0, 0.1) is 6.92 Å². The fourth-order valence-corrected chi connectivity index (χ4v) is 3.88. The molecule has 2 aromatic heterocycles. The van der Waals surface area contributed by atoms with Crippen LogP contribution in [0.15, 0.2) is 59.0 Å². The zero-order valence-electron chi connectivity index (χ0n) is 21.0. The van der Waals surface area contributed by atoms with Crippen LogP contribution in [0.5, 0.6) is 35.2 Å². The minimum absolute atomic E-state index is 0.000539. The summed E-state index contributed by atoms with van der Waals surface area (Å²) >= 11 is 6.35. The first-order chi connectivity index (χ1) is 17.8. The molecule has 0 atom stereocenters. The standard InChI is InChI=1S/C27H26ClN3O6/c1-15(2)18-14-21(16(3)13-19(18)28)37-22-12-11-20(36-22)24(32)29-23-25(33-4)30-27(31-26(23)34-5)35-17-9-7-6-8-10-17/h6-15H,1-5H3,(H,29,32). The number of carbonyl (C=O) groups is 1. The summed E-state index contributed by atoms with van der Waals surface area (Å²) in [6.07, 6.45) is 0. The van der Waals surface area contributed by atoms with Gasteiger partial charge in [0.25, 0.3) is 11.9 Å². The molecule has 0 saturated carbocycles. The molecule has 0 spiro atoms. The summed E-state index contributed by atoms with van der Waals surface area (Å²) in [5.41, 5.74) is 1.90. The van der Waals surface area contributed by atoms with Crippen molar-refractivity contribution in [2.75, 3.05) is 19.5 Å². The van der Waals surface area contributed by atoms with E-state index < -0.39 is 5.91 Å². The Kier molecular flexibility index (Phi) is 7.83. The number of nitrogens with one attached hydrogen (secondary N) is 1. The number of rotatable bonds is 9. The Morgan fingerprint density at radius 2 is 1.65 bits per heavy atom. The van der Waals surface area contributed by atoms with Gasteiger partial charge in [-0.05, 0) is 54.3 Å². The van der Waals surface area contributed by atoms with E-state index in [1.54, 1.807) is 18.2 Å². The summed E-state index contributed by atoms with van der Waals surface area (Å²) in [4.78, 5) is 21.4. The Morgan fingerprint density at radius 3 is 2.27 bits per heavy atom. The maximum atomic E-state index is 13.0. The van der Waals surface area contributed by atoms with Crippen LogP contribution in [0.2, 0.25) is 5.02 Å². The van der Waals surface area contributed by atoms with E-state index in [1.807, 2.05) is 51.1 Å². The SMILES string of the molecule is COc1nc(Oc2ccccc2)nc(OC)c1NC(=O)c1ccc(Oc2cc(C(C)C)c(Cl)cc2C)o1. The number of anilines is 1. The van der Waals surface area contributed by atoms with E-state index >= 15 is 0 Å². The number of methoxy groups -OCH3 is 2. The van der Waals surface area contributed by atoms with E-state index in [-0.39, 0.29) is 41.1 Å². The summed E-state index contributed by atoms with van der Waals surface area (Å²) in [6, 6.07) is 15.8. The van der Waals surface area contributed by atoms with Gasteiger partial charge >= 0.3 is 6.01 Å². The molecule has 0 unspecified atom stereocenters. The van der Waals surface area contributed by atoms with Crippen molar-refractivity contribution in [1.82, 2.24) is 9.97 Å². The summed E-state index contributed by atoms with van der Waals surface area (Å²) in [6.45, 7) is 5.97. The third-order valence-electron chi connectivity index (χ3n) is 5.33. The van der Waals surface area contributed by atoms with Crippen molar-refractivity contribution in [1.29, 1.82) is 0 Å². The monoisotopic (exact) mass is 523 g/mol. The van der Waals surface area contributed by atoms with Crippen molar-refractivity contribution < 1.29 is 28.2 Å². The molecule has 4 aromatic rings. The Balaban J connectivity index is 1.54. The number of hydrogen-bond donors (Lipinski definition) is 1. The molecular weight excluding hydrogens is 498 g/mol. The zero-order valence-corrected chi connectivity index (χ0v) is 21.8. The molecule has 2 aromatic carbocycles. The van der Waals surface area contributed by atoms with E-state index in [9.17, 15) is 4.79 Å². The Hall–Kier alpha value is -4.24. The van der Waals surface area contributed by atoms with Crippen LogP contribution in [-0.2, 0) is 0 Å². The highest BCUT2D eigenvalue weighted by Crippen LogP contribution is 2.36. The van der Waals surface area contributed by atoms with Gasteiger partial charge in [-0.2, -0.15) is 9.97 Å². The number of ether oxygens (including phenoxy) is 4. The van der Waals surface area contributed by atoms with Crippen LogP contribution >= 0.6 is 11.6 Å². The lowest BCUT2D eigenvalue weighted by Crippen LogP contribution is -2.14. The predicted octanol–water partition coefficient (Wildman–Crippen LogP) is 7.01. The van der Waals surface area contributed by atoms with Crippen molar-refractivity contribution >= 4 is 23.2 Å². The second kappa shape index (κ2) is 11.2. The maximum Gasteiger partial charge on any atom is 0.328 e. The second-order valence-corrected chi connectivity index (χ2v) is 8.69. The van der Waals surface area contributed by atoms with Crippen molar-refractivity contribution in [3.63, 3.8) is 0 Å². The summed E-state index contributed by atoms with van der Waals surface area (Å²) < 4.78 is 27.9. The third-order valence-corrected chi connectivity index (χ3v) is 5.66. The minimum Gasteiger partial charge on any atom is -0.479 e. The fraction of sp³-hybridized carbons (Fsp3) is 0.222. The first-order valence-electron chi connectivity index (χ1n) is 11.4. The second-order valence-electron chi connectivity index (χ2n) is 8.28. The molecule has 0 bridgehead atoms. The van der Waals surface area contributed by atoms with E-state index in [4.69, 9.17) is 35.0 Å². The van der Waals surface area contributed by atoms with Crippen LogP contribution in [0.25, 0.3) is 0 Å². The Morgan fingerprint density at radius 1 is 0.973 bits per heavy atom. The maximum absolute atomic E-state index is 13.0. The molecule has 192 valence electrons. The van der Waals surface area contributed by atoms with Crippen LogP contribution in [0.4, 0.5) is 5.69 Å². The van der Waals surface area contributed by atoms with Gasteiger partial charge in [-0.3, -0.25) is 4.79 Å². The van der Waals surface area contributed by atoms with Crippen LogP contribution in [-0.4, -0.2) is 30.1 Å². The van der Waals surface area contributed by atoms with Crippen LogP contribution in [0.1, 0.15) is 41.4 Å². The number of carbonyl (C=O) groups excluding carboxylic acids is 1. The Labute approximate surface area is 219 Å². The lowest BCUT2D eigenvalue weighted by atomic mass is 10.0. The first-order valence-corrected chi connectivity index (χ1v) is 11.8. The van der Waals surface area contributed by atoms with Gasteiger partial charge < -0.3 is 28.7 Å². The molecule has 1 amide bonds. The topological polar surface area (TPSA) is 105 Å². The number of nitrogens with zero attached hydrogens (tertiary/aromatic N) is 2. The number of aryl methyl sites for hydroxylation is 1. The average molecular weight is 524 g/mol. The fourth-order valence-electron chi connectivity index (χ4n) is 3.45. The number of aromatic nitrogens is 2. The molecule has 0 aliphatic heterocycles. The molecule has 2 heterocycles. The van der Waals surface area contributed by atoms with Gasteiger partial charge in [0.2, 0.25) is 11.8 Å². The highest BCUT2D eigenvalue weighted by molar-refractivity contribution is 6.31.